The van der Waals surface area contributed by atoms with E-state index >= 15 is 0 Å². The SMILES string of the molecule is BC(B)(B)C(B)(C(B)(B)B)C(B)(B)C(B)(B)C(=O)N1CC2(CC2)C[C@H]1C(=O)N[C@@H](C[C@@H]1CCNC1=O)C(=O)COC(F)(F)F. The largest absolute Gasteiger partial charge is 0.522 e. The Morgan fingerprint density at radius 1 is 0.977 bits per heavy atom. The maximum absolute atomic E-state index is 14.7. The molecular formula is C22H43B11F3N3O5. The summed E-state index contributed by atoms with van der Waals surface area (Å²) < 4.78 is 42.0. The standard InChI is InChI=1S/C22H43B11F3N3O5/c23-17(24,19(26,27)18(25,20(28,29)30)21(31,32)33)15(43)39-8-16(2-3-16)6-11(39)14(42)38-10(5-9-1-4-37-13(9)41)12(40)7-44-22(34,35)36/h9-11H,1-8,23-33H2,(H,37,41)(H,38,42)/t9-,10-,11-/m0/s1. The molecule has 22 heteroatoms. The summed E-state index contributed by atoms with van der Waals surface area (Å²) in [5.41, 5.74) is -0.181. The van der Waals surface area contributed by atoms with Crippen LogP contribution in [0.3, 0.4) is 0 Å². The lowest BCUT2D eigenvalue weighted by atomic mass is 9.04. The average Bonchev–Trinajstić information content (AvgIpc) is 3.33. The molecule has 230 valence electrons. The minimum atomic E-state index is -5.02. The Labute approximate surface area is 269 Å². The Balaban J connectivity index is 1.93. The van der Waals surface area contributed by atoms with Crippen LogP contribution in [0.25, 0.3) is 0 Å². The number of carbonyl (C=O) groups is 4. The number of amides is 3. The molecule has 1 spiro atoms. The van der Waals surface area contributed by atoms with E-state index in [-0.39, 0.29) is 39.2 Å². The number of halogens is 3. The van der Waals surface area contributed by atoms with Crippen molar-refractivity contribution in [3.05, 3.63) is 0 Å². The van der Waals surface area contributed by atoms with Crippen molar-refractivity contribution in [3.63, 3.8) is 0 Å². The summed E-state index contributed by atoms with van der Waals surface area (Å²) >= 11 is 0. The maximum Gasteiger partial charge on any atom is 0.522 e. The predicted octanol–water partition coefficient (Wildman–Crippen LogP) is -9.01. The number of carbonyl (C=O) groups excluding carboxylic acids is 4. The molecule has 0 aromatic carbocycles. The molecule has 3 rings (SSSR count). The molecule has 0 unspecified atom stereocenters. The number of nitrogens with one attached hydrogen (secondary N) is 2. The lowest BCUT2D eigenvalue weighted by molar-refractivity contribution is -0.321. The van der Waals surface area contributed by atoms with Crippen molar-refractivity contribution in [2.24, 2.45) is 11.3 Å². The highest BCUT2D eigenvalue weighted by atomic mass is 19.4. The third-order valence-electron chi connectivity index (χ3n) is 12.1. The van der Waals surface area contributed by atoms with E-state index in [4.69, 9.17) is 0 Å². The summed E-state index contributed by atoms with van der Waals surface area (Å²) in [7, 11) is 23.5. The number of ketones is 1. The monoisotopic (exact) mass is 607 g/mol. The molecule has 3 fully saturated rings. The third kappa shape index (κ3) is 6.95. The van der Waals surface area contributed by atoms with E-state index < -0.39 is 53.1 Å². The zero-order chi connectivity index (χ0) is 33.9. The van der Waals surface area contributed by atoms with Gasteiger partial charge in [-0.15, -0.1) is 23.4 Å². The van der Waals surface area contributed by atoms with Crippen molar-refractivity contribution < 1.29 is 37.1 Å². The normalized spacial score (nSPS) is 23.2. The molecule has 1 saturated carbocycles. The molecule has 3 aliphatic rings. The van der Waals surface area contributed by atoms with Crippen molar-refractivity contribution in [1.29, 1.82) is 0 Å². The van der Waals surface area contributed by atoms with Gasteiger partial charge in [0.05, 0.1) is 68.8 Å². The van der Waals surface area contributed by atoms with Gasteiger partial charge in [-0.3, -0.25) is 23.9 Å². The summed E-state index contributed by atoms with van der Waals surface area (Å²) in [6.45, 7) is -0.483. The summed E-state index contributed by atoms with van der Waals surface area (Å²) in [5.74, 6) is -2.66. The highest BCUT2D eigenvalue weighted by molar-refractivity contribution is 6.74. The summed E-state index contributed by atoms with van der Waals surface area (Å²) in [6, 6.07) is -2.24. The van der Waals surface area contributed by atoms with Gasteiger partial charge in [-0.25, -0.2) is 0 Å². The molecule has 2 aliphatic heterocycles. The number of likely N-dealkylation sites (tertiary alicyclic amines) is 1. The van der Waals surface area contributed by atoms with E-state index in [1.54, 1.807) is 4.90 Å². The van der Waals surface area contributed by atoms with Crippen LogP contribution in [0.15, 0.2) is 0 Å². The van der Waals surface area contributed by atoms with Gasteiger partial charge in [0.2, 0.25) is 17.7 Å². The molecule has 0 aromatic heterocycles. The van der Waals surface area contributed by atoms with Crippen molar-refractivity contribution >= 4 is 110 Å². The number of hydrogen-bond acceptors (Lipinski definition) is 5. The lowest BCUT2D eigenvalue weighted by Crippen LogP contribution is -2.60. The van der Waals surface area contributed by atoms with E-state index in [9.17, 15) is 32.3 Å². The van der Waals surface area contributed by atoms with E-state index in [0.29, 0.717) is 25.9 Å². The molecule has 3 atom stereocenters. The first-order valence-corrected chi connectivity index (χ1v) is 15.8. The topological polar surface area (TPSA) is 105 Å². The second-order valence-electron chi connectivity index (χ2n) is 16.8. The first-order chi connectivity index (χ1) is 19.7. The van der Waals surface area contributed by atoms with Gasteiger partial charge in [-0.1, -0.05) is 10.5 Å². The van der Waals surface area contributed by atoms with Gasteiger partial charge in [0.25, 0.3) is 0 Å². The number of hydrogen-bond donors (Lipinski definition) is 2. The van der Waals surface area contributed by atoms with Gasteiger partial charge in [0.15, 0.2) is 5.78 Å². The second kappa shape index (κ2) is 12.0. The first-order valence-electron chi connectivity index (χ1n) is 15.8. The predicted molar refractivity (Wildman–Crippen MR) is 194 cm³/mol. The van der Waals surface area contributed by atoms with E-state index in [0.717, 1.165) is 12.8 Å². The van der Waals surface area contributed by atoms with Gasteiger partial charge >= 0.3 is 6.36 Å². The van der Waals surface area contributed by atoms with Crippen LogP contribution in [0.1, 0.15) is 32.1 Å². The van der Waals surface area contributed by atoms with Gasteiger partial charge in [-0.05, 0) is 42.7 Å². The van der Waals surface area contributed by atoms with Gasteiger partial charge in [-0.2, -0.15) is 0 Å². The Bertz CT molecular complexity index is 1160. The molecule has 0 aromatic rings. The maximum atomic E-state index is 14.7. The van der Waals surface area contributed by atoms with Crippen LogP contribution in [-0.2, 0) is 23.9 Å². The molecule has 0 radical (unpaired) electrons. The molecule has 2 saturated heterocycles. The van der Waals surface area contributed by atoms with Crippen molar-refractivity contribution in [2.75, 3.05) is 19.7 Å². The van der Waals surface area contributed by atoms with Crippen LogP contribution < -0.4 is 10.6 Å². The van der Waals surface area contributed by atoms with Crippen LogP contribution in [-0.4, -0.2) is 153 Å². The third-order valence-corrected chi connectivity index (χ3v) is 12.1. The van der Waals surface area contributed by atoms with E-state index in [1.165, 1.54) is 0 Å². The Hall–Kier alpha value is -1.46. The van der Waals surface area contributed by atoms with Crippen LogP contribution >= 0.6 is 0 Å². The van der Waals surface area contributed by atoms with Crippen molar-refractivity contribution in [3.8, 4) is 0 Å². The number of nitrogens with zero attached hydrogens (tertiary/aromatic N) is 1. The zero-order valence-corrected chi connectivity index (χ0v) is 28.5. The second-order valence-corrected chi connectivity index (χ2v) is 16.8. The highest BCUT2D eigenvalue weighted by Gasteiger charge is 2.63. The number of Topliss-reactive ketones (excluding diaryl/α,β-unsaturated/α-hetero) is 1. The minimum absolute atomic E-state index is 0.141. The minimum Gasteiger partial charge on any atom is -0.356 e. The average molecular weight is 606 g/mol. The van der Waals surface area contributed by atoms with Gasteiger partial charge in [0, 0.05) is 19.0 Å². The molecule has 2 N–H and O–H groups in total. The van der Waals surface area contributed by atoms with Crippen molar-refractivity contribution in [1.82, 2.24) is 15.5 Å². The molecule has 1 aliphatic carbocycles. The quantitative estimate of drug-likeness (QED) is 0.215. The van der Waals surface area contributed by atoms with Crippen LogP contribution in [0.4, 0.5) is 13.2 Å². The fourth-order valence-corrected chi connectivity index (χ4v) is 8.24. The van der Waals surface area contributed by atoms with Crippen LogP contribution in [0.5, 0.6) is 0 Å². The Kier molecular flexibility index (Phi) is 10.1. The van der Waals surface area contributed by atoms with Gasteiger partial charge < -0.3 is 15.5 Å². The van der Waals surface area contributed by atoms with Crippen LogP contribution in [0.2, 0.25) is 26.0 Å². The number of rotatable bonds is 12. The lowest BCUT2D eigenvalue weighted by Gasteiger charge is -2.67. The molecule has 44 heavy (non-hydrogen) atoms. The number of ether oxygens (including phenoxy) is 1. The Morgan fingerprint density at radius 3 is 1.95 bits per heavy atom. The highest BCUT2D eigenvalue weighted by Crippen LogP contribution is 2.73. The summed E-state index contributed by atoms with van der Waals surface area (Å²) in [4.78, 5) is 55.4. The summed E-state index contributed by atoms with van der Waals surface area (Å²) in [6.07, 6.45) is -2.60. The van der Waals surface area contributed by atoms with Gasteiger partial charge in [0.1, 0.15) is 36.2 Å². The molecule has 3 amide bonds. The molecule has 0 bridgehead atoms. The smallest absolute Gasteiger partial charge is 0.356 e. The summed E-state index contributed by atoms with van der Waals surface area (Å²) in [5, 5.41) is 3.10. The van der Waals surface area contributed by atoms with E-state index in [1.807, 2.05) is 15.7 Å². The first kappa shape index (κ1) is 37.0. The number of alkyl halides is 3. The fraction of sp³-hybridized carbons (Fsp3) is 0.818. The Morgan fingerprint density at radius 2 is 1.52 bits per heavy atom. The van der Waals surface area contributed by atoms with Crippen molar-refractivity contribution in [2.45, 2.75) is 76.5 Å². The molecule has 8 nitrogen and oxygen atoms in total. The zero-order valence-electron chi connectivity index (χ0n) is 28.5. The molecule has 2 heterocycles. The van der Waals surface area contributed by atoms with Crippen LogP contribution in [0, 0.1) is 11.3 Å². The fourth-order valence-electron chi connectivity index (χ4n) is 8.24. The van der Waals surface area contributed by atoms with E-state index in [2.05, 4.69) is 86.0 Å². The molecular weight excluding hydrogens is 562 g/mol.